The summed E-state index contributed by atoms with van der Waals surface area (Å²) in [5.74, 6) is -0.296. The number of hydrogen-bond donors (Lipinski definition) is 1. The summed E-state index contributed by atoms with van der Waals surface area (Å²) >= 11 is 0. The van der Waals surface area contributed by atoms with Crippen LogP contribution in [0.1, 0.15) is 41.8 Å². The fourth-order valence-electron chi connectivity index (χ4n) is 2.28. The number of hydrogen-bond acceptors (Lipinski definition) is 4. The lowest BCUT2D eigenvalue weighted by Crippen LogP contribution is -2.26. The largest absolute Gasteiger partial charge is 0.271 e. The second-order valence-corrected chi connectivity index (χ2v) is 8.46. The van der Waals surface area contributed by atoms with Gasteiger partial charge in [0.05, 0.1) is 4.90 Å². The third-order valence-corrected chi connectivity index (χ3v) is 6.03. The summed E-state index contributed by atoms with van der Waals surface area (Å²) in [5.41, 5.74) is 5.60. The monoisotopic (exact) mass is 387 g/mol. The number of aryl methyl sites for hydroxylation is 1. The van der Waals surface area contributed by atoms with Gasteiger partial charge in [0, 0.05) is 24.9 Å². The highest BCUT2D eigenvalue weighted by Gasteiger charge is 2.20. The fraction of sp³-hybridized carbons (Fsp3) is 0.300. The molecule has 0 atom stereocenters. The van der Waals surface area contributed by atoms with Crippen molar-refractivity contribution >= 4 is 21.6 Å². The van der Waals surface area contributed by atoms with Crippen molar-refractivity contribution in [1.29, 1.82) is 0 Å². The van der Waals surface area contributed by atoms with Gasteiger partial charge in [0.25, 0.3) is 5.91 Å². The molecule has 0 aliphatic heterocycles. The first-order valence-corrected chi connectivity index (χ1v) is 10.1. The summed E-state index contributed by atoms with van der Waals surface area (Å²) in [6.07, 6.45) is 0.765. The zero-order chi connectivity index (χ0) is 20.0. The van der Waals surface area contributed by atoms with E-state index in [0.29, 0.717) is 5.56 Å². The average Bonchev–Trinajstić information content (AvgIpc) is 2.66. The second kappa shape index (κ2) is 8.92. The highest BCUT2D eigenvalue weighted by molar-refractivity contribution is 7.89. The number of sulfonamides is 1. The molecule has 0 aliphatic carbocycles. The van der Waals surface area contributed by atoms with Crippen LogP contribution in [-0.4, -0.2) is 31.4 Å². The lowest BCUT2D eigenvalue weighted by molar-refractivity contribution is 0.0954. The van der Waals surface area contributed by atoms with Gasteiger partial charge in [-0.05, 0) is 50.1 Å². The number of amides is 1. The van der Waals surface area contributed by atoms with Crippen molar-refractivity contribution in [1.82, 2.24) is 9.73 Å². The van der Waals surface area contributed by atoms with Gasteiger partial charge in [-0.3, -0.25) is 4.79 Å². The van der Waals surface area contributed by atoms with Gasteiger partial charge >= 0.3 is 0 Å². The van der Waals surface area contributed by atoms with E-state index in [4.69, 9.17) is 0 Å². The van der Waals surface area contributed by atoms with E-state index in [1.54, 1.807) is 48.5 Å². The molecule has 1 N–H and O–H groups in total. The predicted molar refractivity (Wildman–Crippen MR) is 107 cm³/mol. The van der Waals surface area contributed by atoms with Crippen molar-refractivity contribution in [2.45, 2.75) is 38.6 Å². The van der Waals surface area contributed by atoms with Crippen molar-refractivity contribution in [2.24, 2.45) is 5.10 Å². The number of rotatable bonds is 7. The van der Waals surface area contributed by atoms with Crippen molar-refractivity contribution in [3.63, 3.8) is 0 Å². The molecule has 0 radical (unpaired) electrons. The first-order chi connectivity index (χ1) is 12.7. The Morgan fingerprint density at radius 3 is 2.22 bits per heavy atom. The molecule has 0 fully saturated rings. The summed E-state index contributed by atoms with van der Waals surface area (Å²) < 4.78 is 26.6. The molecule has 0 saturated carbocycles. The van der Waals surface area contributed by atoms with Crippen LogP contribution in [-0.2, 0) is 16.6 Å². The van der Waals surface area contributed by atoms with Crippen LogP contribution in [0.3, 0.4) is 0 Å². The van der Waals surface area contributed by atoms with Crippen LogP contribution in [0, 0.1) is 6.92 Å². The Morgan fingerprint density at radius 2 is 1.67 bits per heavy atom. The zero-order valence-electron chi connectivity index (χ0n) is 16.1. The van der Waals surface area contributed by atoms with Crippen LogP contribution in [0.25, 0.3) is 0 Å². The molecule has 0 heterocycles. The molecular formula is C20H25N3O3S. The molecule has 2 rings (SSSR count). The Kier molecular flexibility index (Phi) is 6.87. The summed E-state index contributed by atoms with van der Waals surface area (Å²) in [7, 11) is -2.03. The molecule has 0 bridgehead atoms. The molecule has 0 aromatic heterocycles. The third kappa shape index (κ3) is 5.48. The van der Waals surface area contributed by atoms with Gasteiger partial charge in [-0.2, -0.15) is 9.41 Å². The Bertz CT molecular complexity index is 918. The molecular weight excluding hydrogens is 362 g/mol. The number of carbonyl (C=O) groups is 1. The van der Waals surface area contributed by atoms with Crippen molar-refractivity contribution < 1.29 is 13.2 Å². The number of benzene rings is 2. The van der Waals surface area contributed by atoms with Crippen LogP contribution in [0.2, 0.25) is 0 Å². The minimum atomic E-state index is -3.57. The van der Waals surface area contributed by atoms with Gasteiger partial charge in [-0.15, -0.1) is 0 Å². The Labute approximate surface area is 161 Å². The quantitative estimate of drug-likeness (QED) is 0.585. The van der Waals surface area contributed by atoms with Crippen LogP contribution in [0.15, 0.2) is 58.5 Å². The normalized spacial score (nSPS) is 12.3. The first-order valence-electron chi connectivity index (χ1n) is 8.69. The minimum absolute atomic E-state index is 0.213. The summed E-state index contributed by atoms with van der Waals surface area (Å²) in [4.78, 5) is 12.3. The Morgan fingerprint density at radius 1 is 1.07 bits per heavy atom. The van der Waals surface area contributed by atoms with Gasteiger partial charge in [0.1, 0.15) is 0 Å². The Hall–Kier alpha value is -2.51. The third-order valence-electron chi connectivity index (χ3n) is 4.21. The van der Waals surface area contributed by atoms with Crippen molar-refractivity contribution in [3.05, 3.63) is 65.2 Å². The van der Waals surface area contributed by atoms with Crippen LogP contribution >= 0.6 is 0 Å². The van der Waals surface area contributed by atoms with Gasteiger partial charge in [-0.1, -0.05) is 36.8 Å². The number of nitrogens with one attached hydrogen (secondary N) is 1. The lowest BCUT2D eigenvalue weighted by atomic mass is 10.1. The maximum atomic E-state index is 12.6. The van der Waals surface area contributed by atoms with Crippen LogP contribution < -0.4 is 5.43 Å². The summed E-state index contributed by atoms with van der Waals surface area (Å²) in [5, 5.41) is 3.99. The zero-order valence-corrected chi connectivity index (χ0v) is 16.9. The molecule has 27 heavy (non-hydrogen) atoms. The minimum Gasteiger partial charge on any atom is -0.267 e. The lowest BCUT2D eigenvalue weighted by Gasteiger charge is -2.17. The predicted octanol–water partition coefficient (Wildman–Crippen LogP) is 3.33. The van der Waals surface area contributed by atoms with Crippen LogP contribution in [0.4, 0.5) is 0 Å². The molecule has 0 spiro atoms. The van der Waals surface area contributed by atoms with E-state index in [9.17, 15) is 13.2 Å². The van der Waals surface area contributed by atoms with E-state index in [1.165, 1.54) is 11.4 Å². The molecule has 0 aliphatic rings. The van der Waals surface area contributed by atoms with Gasteiger partial charge < -0.3 is 0 Å². The highest BCUT2D eigenvalue weighted by atomic mass is 32.2. The smallest absolute Gasteiger partial charge is 0.267 e. The molecule has 0 saturated heterocycles. The highest BCUT2D eigenvalue weighted by Crippen LogP contribution is 2.17. The van der Waals surface area contributed by atoms with E-state index in [-0.39, 0.29) is 17.3 Å². The molecule has 0 unspecified atom stereocenters. The van der Waals surface area contributed by atoms with E-state index in [1.807, 2.05) is 20.8 Å². The van der Waals surface area contributed by atoms with E-state index >= 15 is 0 Å². The topological polar surface area (TPSA) is 78.8 Å². The van der Waals surface area contributed by atoms with Crippen LogP contribution in [0.5, 0.6) is 0 Å². The Balaban J connectivity index is 2.07. The number of carbonyl (C=O) groups excluding carboxylic acids is 1. The molecule has 1 amide bonds. The van der Waals surface area contributed by atoms with Crippen molar-refractivity contribution in [2.75, 3.05) is 7.05 Å². The summed E-state index contributed by atoms with van der Waals surface area (Å²) in [6.45, 7) is 5.92. The molecule has 144 valence electrons. The molecule has 7 heteroatoms. The van der Waals surface area contributed by atoms with Gasteiger partial charge in [0.2, 0.25) is 10.0 Å². The van der Waals surface area contributed by atoms with Gasteiger partial charge in [0.15, 0.2) is 0 Å². The number of nitrogens with zero attached hydrogens (tertiary/aromatic N) is 2. The van der Waals surface area contributed by atoms with E-state index in [0.717, 1.165) is 23.3 Å². The maximum absolute atomic E-state index is 12.6. The second-order valence-electron chi connectivity index (χ2n) is 6.41. The fourth-order valence-corrected chi connectivity index (χ4v) is 3.44. The van der Waals surface area contributed by atoms with Gasteiger partial charge in [-0.25, -0.2) is 13.8 Å². The SMILES string of the molecule is CC/C(C)=N\NC(=O)c1ccc(CN(C)S(=O)(=O)c2ccc(C)cc2)cc1. The first kappa shape index (κ1) is 20.8. The molecule has 2 aromatic carbocycles. The molecule has 2 aromatic rings. The van der Waals surface area contributed by atoms with Crippen molar-refractivity contribution in [3.8, 4) is 0 Å². The maximum Gasteiger partial charge on any atom is 0.271 e. The summed E-state index contributed by atoms with van der Waals surface area (Å²) in [6, 6.07) is 13.6. The molecule has 6 nitrogen and oxygen atoms in total. The van der Waals surface area contributed by atoms with E-state index < -0.39 is 10.0 Å². The standard InChI is InChI=1S/C20H25N3O3S/c1-5-16(3)21-22-20(24)18-10-8-17(9-11-18)14-23(4)27(25,26)19-12-6-15(2)7-13-19/h6-13H,5,14H2,1-4H3,(H,22,24)/b21-16-. The average molecular weight is 388 g/mol. The van der Waals surface area contributed by atoms with E-state index in [2.05, 4.69) is 10.5 Å². The number of hydrazone groups is 1.